The fourth-order valence-corrected chi connectivity index (χ4v) is 2.17. The molecule has 0 aliphatic carbocycles. The molecule has 2 N–H and O–H groups in total. The second kappa shape index (κ2) is 4.70. The van der Waals surface area contributed by atoms with Crippen LogP contribution in [0.4, 0.5) is 0 Å². The van der Waals surface area contributed by atoms with Crippen LogP contribution in [0.25, 0.3) is 22.0 Å². The van der Waals surface area contributed by atoms with Crippen molar-refractivity contribution < 1.29 is 4.74 Å². The zero-order valence-electron chi connectivity index (χ0n) is 10.9. The van der Waals surface area contributed by atoms with Gasteiger partial charge in [0.05, 0.1) is 12.5 Å². The van der Waals surface area contributed by atoms with Crippen LogP contribution in [0.15, 0.2) is 53.3 Å². The number of aromatic nitrogens is 2. The summed E-state index contributed by atoms with van der Waals surface area (Å²) in [5.74, 6) is 6.41. The summed E-state index contributed by atoms with van der Waals surface area (Å²) in [5.41, 5.74) is 1.24. The van der Waals surface area contributed by atoms with Crippen LogP contribution < -0.4 is 16.1 Å². The van der Waals surface area contributed by atoms with Crippen LogP contribution in [-0.2, 0) is 0 Å². The standard InChI is InChI=1S/C15H13N3O2/c1-20-11-8-6-10(7-9-11)14-12-4-2-3-5-13(12)15(19)18(16)17-14/h2-9H,16H2,1H3. The molecule has 3 rings (SSSR count). The first kappa shape index (κ1) is 12.2. The van der Waals surface area contributed by atoms with Crippen molar-refractivity contribution in [3.05, 3.63) is 58.9 Å². The van der Waals surface area contributed by atoms with Crippen LogP contribution in [0.2, 0.25) is 0 Å². The normalized spacial score (nSPS) is 10.7. The molecule has 0 atom stereocenters. The second-order valence-corrected chi connectivity index (χ2v) is 4.37. The van der Waals surface area contributed by atoms with E-state index in [1.165, 1.54) is 0 Å². The maximum absolute atomic E-state index is 12.0. The Morgan fingerprint density at radius 1 is 1.05 bits per heavy atom. The SMILES string of the molecule is COc1ccc(-c2nn(N)c(=O)c3ccccc23)cc1. The molecule has 0 aliphatic rings. The quantitative estimate of drug-likeness (QED) is 0.719. The molecule has 0 spiro atoms. The van der Waals surface area contributed by atoms with E-state index in [-0.39, 0.29) is 5.56 Å². The summed E-state index contributed by atoms with van der Waals surface area (Å²) in [7, 11) is 1.61. The zero-order valence-corrected chi connectivity index (χ0v) is 10.9. The summed E-state index contributed by atoms with van der Waals surface area (Å²) in [5, 5.41) is 5.50. The van der Waals surface area contributed by atoms with Crippen LogP contribution in [0.5, 0.6) is 5.75 Å². The van der Waals surface area contributed by atoms with E-state index in [0.717, 1.165) is 21.5 Å². The molecule has 1 aromatic heterocycles. The molecule has 0 saturated carbocycles. The number of ether oxygens (including phenoxy) is 1. The molecule has 1 heterocycles. The van der Waals surface area contributed by atoms with Gasteiger partial charge in [-0.05, 0) is 30.3 Å². The molecule has 0 saturated heterocycles. The molecule has 0 unspecified atom stereocenters. The molecule has 5 nitrogen and oxygen atoms in total. The molecule has 0 amide bonds. The van der Waals surface area contributed by atoms with Crippen LogP contribution in [-0.4, -0.2) is 17.0 Å². The van der Waals surface area contributed by atoms with Gasteiger partial charge in [-0.25, -0.2) is 0 Å². The van der Waals surface area contributed by atoms with Crippen LogP contribution in [0.1, 0.15) is 0 Å². The minimum atomic E-state index is -0.308. The molecule has 100 valence electrons. The first-order valence-corrected chi connectivity index (χ1v) is 6.12. The lowest BCUT2D eigenvalue weighted by Crippen LogP contribution is -2.30. The summed E-state index contributed by atoms with van der Waals surface area (Å²) in [6.07, 6.45) is 0. The smallest absolute Gasteiger partial charge is 0.293 e. The molecule has 20 heavy (non-hydrogen) atoms. The van der Waals surface area contributed by atoms with E-state index in [1.807, 2.05) is 42.5 Å². The minimum Gasteiger partial charge on any atom is -0.497 e. The Bertz CT molecular complexity index is 823. The lowest BCUT2D eigenvalue weighted by molar-refractivity contribution is 0.415. The van der Waals surface area contributed by atoms with E-state index in [2.05, 4.69) is 5.10 Å². The molecular weight excluding hydrogens is 254 g/mol. The largest absolute Gasteiger partial charge is 0.497 e. The Kier molecular flexibility index (Phi) is 2.87. The highest BCUT2D eigenvalue weighted by molar-refractivity contribution is 5.93. The number of nitrogens with zero attached hydrogens (tertiary/aromatic N) is 2. The van der Waals surface area contributed by atoms with Gasteiger partial charge in [0, 0.05) is 10.9 Å². The minimum absolute atomic E-state index is 0.308. The third kappa shape index (κ3) is 1.89. The fourth-order valence-electron chi connectivity index (χ4n) is 2.17. The highest BCUT2D eigenvalue weighted by atomic mass is 16.5. The lowest BCUT2D eigenvalue weighted by atomic mass is 10.1. The maximum Gasteiger partial charge on any atom is 0.293 e. The number of hydrogen-bond acceptors (Lipinski definition) is 4. The Hall–Kier alpha value is -2.82. The van der Waals surface area contributed by atoms with Gasteiger partial charge in [0.15, 0.2) is 0 Å². The molecule has 3 aromatic rings. The van der Waals surface area contributed by atoms with Crippen LogP contribution in [0, 0.1) is 0 Å². The van der Waals surface area contributed by atoms with Crippen molar-refractivity contribution >= 4 is 10.8 Å². The third-order valence-corrected chi connectivity index (χ3v) is 3.19. The Labute approximate surface area is 115 Å². The van der Waals surface area contributed by atoms with Gasteiger partial charge in [0.1, 0.15) is 11.4 Å². The van der Waals surface area contributed by atoms with Crippen molar-refractivity contribution in [2.45, 2.75) is 0 Å². The van der Waals surface area contributed by atoms with E-state index >= 15 is 0 Å². The molecule has 0 aliphatic heterocycles. The molecular formula is C15H13N3O2. The average Bonchev–Trinajstić information content (AvgIpc) is 2.51. The van der Waals surface area contributed by atoms with Gasteiger partial charge in [-0.2, -0.15) is 0 Å². The Morgan fingerprint density at radius 3 is 2.35 bits per heavy atom. The van der Waals surface area contributed by atoms with E-state index in [4.69, 9.17) is 10.6 Å². The number of methoxy groups -OCH3 is 1. The number of fused-ring (bicyclic) bond motifs is 1. The molecule has 0 bridgehead atoms. The number of benzene rings is 2. The first-order chi connectivity index (χ1) is 9.70. The van der Waals surface area contributed by atoms with Gasteiger partial charge in [0.25, 0.3) is 5.56 Å². The Morgan fingerprint density at radius 2 is 1.70 bits per heavy atom. The summed E-state index contributed by atoms with van der Waals surface area (Å²) in [4.78, 5) is 12.8. The second-order valence-electron chi connectivity index (χ2n) is 4.37. The molecule has 0 radical (unpaired) electrons. The Balaban J connectivity index is 2.30. The van der Waals surface area contributed by atoms with Crippen LogP contribution in [0.3, 0.4) is 0 Å². The van der Waals surface area contributed by atoms with Gasteiger partial charge >= 0.3 is 0 Å². The third-order valence-electron chi connectivity index (χ3n) is 3.19. The van der Waals surface area contributed by atoms with Crippen molar-refractivity contribution in [2.75, 3.05) is 13.0 Å². The number of nitrogen functional groups attached to an aromatic ring is 1. The fraction of sp³-hybridized carbons (Fsp3) is 0.0667. The highest BCUT2D eigenvalue weighted by Gasteiger charge is 2.10. The van der Waals surface area contributed by atoms with E-state index in [1.54, 1.807) is 13.2 Å². The topological polar surface area (TPSA) is 70.1 Å². The molecule has 2 aromatic carbocycles. The van der Waals surface area contributed by atoms with Gasteiger partial charge in [-0.15, -0.1) is 9.89 Å². The van der Waals surface area contributed by atoms with E-state index < -0.39 is 0 Å². The van der Waals surface area contributed by atoms with Crippen molar-refractivity contribution in [1.82, 2.24) is 9.89 Å². The van der Waals surface area contributed by atoms with Crippen molar-refractivity contribution in [3.63, 3.8) is 0 Å². The lowest BCUT2D eigenvalue weighted by Gasteiger charge is -2.08. The summed E-state index contributed by atoms with van der Waals surface area (Å²) in [6.45, 7) is 0. The van der Waals surface area contributed by atoms with E-state index in [9.17, 15) is 4.79 Å². The predicted octanol–water partition coefficient (Wildman–Crippen LogP) is 1.79. The molecule has 0 fully saturated rings. The predicted molar refractivity (Wildman–Crippen MR) is 78.1 cm³/mol. The maximum atomic E-state index is 12.0. The van der Waals surface area contributed by atoms with Crippen molar-refractivity contribution in [1.29, 1.82) is 0 Å². The van der Waals surface area contributed by atoms with Crippen LogP contribution >= 0.6 is 0 Å². The van der Waals surface area contributed by atoms with E-state index in [0.29, 0.717) is 11.1 Å². The number of rotatable bonds is 2. The highest BCUT2D eigenvalue weighted by Crippen LogP contribution is 2.25. The number of nitrogens with two attached hydrogens (primary N) is 1. The van der Waals surface area contributed by atoms with Gasteiger partial charge in [-0.1, -0.05) is 18.2 Å². The van der Waals surface area contributed by atoms with Crippen molar-refractivity contribution in [3.8, 4) is 17.0 Å². The molecule has 5 heteroatoms. The summed E-state index contributed by atoms with van der Waals surface area (Å²) >= 11 is 0. The number of hydrogen-bond donors (Lipinski definition) is 1. The zero-order chi connectivity index (χ0) is 14.1. The van der Waals surface area contributed by atoms with Gasteiger partial charge in [0.2, 0.25) is 0 Å². The first-order valence-electron chi connectivity index (χ1n) is 6.12. The summed E-state index contributed by atoms with van der Waals surface area (Å²) < 4.78 is 5.14. The van der Waals surface area contributed by atoms with Gasteiger partial charge in [-0.3, -0.25) is 4.79 Å². The van der Waals surface area contributed by atoms with Gasteiger partial charge < -0.3 is 10.6 Å². The van der Waals surface area contributed by atoms with Crippen molar-refractivity contribution in [2.24, 2.45) is 0 Å². The monoisotopic (exact) mass is 267 g/mol. The summed E-state index contributed by atoms with van der Waals surface area (Å²) in [6, 6.07) is 14.8. The average molecular weight is 267 g/mol.